The van der Waals surface area contributed by atoms with E-state index in [1.165, 1.54) is 0 Å². The Morgan fingerprint density at radius 2 is 1.07 bits per heavy atom. The third kappa shape index (κ3) is 4.28. The maximum Gasteiger partial charge on any atom is 0.261 e. The van der Waals surface area contributed by atoms with E-state index >= 15 is 0 Å². The first-order chi connectivity index (χ1) is 13.4. The smallest absolute Gasteiger partial charge is 0.261 e. The Kier molecular flexibility index (Phi) is 6.71. The summed E-state index contributed by atoms with van der Waals surface area (Å²) in [7, 11) is 0. The van der Waals surface area contributed by atoms with Crippen LogP contribution in [0.4, 0.5) is 27.6 Å². The van der Waals surface area contributed by atoms with Gasteiger partial charge in [-0.05, 0) is 34.4 Å². The molecular weight excluding hydrogens is 389 g/mol. The molecule has 0 aliphatic heterocycles. The molecule has 0 bridgehead atoms. The van der Waals surface area contributed by atoms with E-state index in [9.17, 15) is 26.7 Å². The van der Waals surface area contributed by atoms with Gasteiger partial charge in [0.1, 0.15) is 5.56 Å². The van der Waals surface area contributed by atoms with Gasteiger partial charge in [-0.25, -0.2) is 22.0 Å². The van der Waals surface area contributed by atoms with Crippen LogP contribution < -0.4 is 5.32 Å². The first kappa shape index (κ1) is 22.8. The van der Waals surface area contributed by atoms with Gasteiger partial charge in [-0.1, -0.05) is 53.7 Å². The fraction of sp³-hybridized carbons (Fsp3) is 0.409. The summed E-state index contributed by atoms with van der Waals surface area (Å²) < 4.78 is 68.4. The van der Waals surface area contributed by atoms with Crippen LogP contribution in [0.25, 0.3) is 0 Å². The summed E-state index contributed by atoms with van der Waals surface area (Å²) in [5.74, 6) is -12.2. The van der Waals surface area contributed by atoms with Crippen molar-refractivity contribution in [2.24, 2.45) is 0 Å². The molecule has 0 aromatic heterocycles. The topological polar surface area (TPSA) is 29.1 Å². The highest BCUT2D eigenvalue weighted by molar-refractivity contribution is 6.05. The van der Waals surface area contributed by atoms with Gasteiger partial charge in [-0.3, -0.25) is 4.79 Å². The van der Waals surface area contributed by atoms with Crippen molar-refractivity contribution in [1.29, 1.82) is 0 Å². The second kappa shape index (κ2) is 8.51. The number of hydrogen-bond acceptors (Lipinski definition) is 1. The normalized spacial score (nSPS) is 11.7. The van der Waals surface area contributed by atoms with E-state index in [4.69, 9.17) is 0 Å². The maximum atomic E-state index is 14.1. The number of anilines is 1. The lowest BCUT2D eigenvalue weighted by atomic mass is 9.87. The second-order valence-corrected chi connectivity index (χ2v) is 7.94. The van der Waals surface area contributed by atoms with Gasteiger partial charge in [0, 0.05) is 5.69 Å². The van der Waals surface area contributed by atoms with Crippen molar-refractivity contribution in [3.63, 3.8) is 0 Å². The van der Waals surface area contributed by atoms with Crippen LogP contribution in [0.5, 0.6) is 0 Å². The zero-order valence-corrected chi connectivity index (χ0v) is 17.2. The number of amides is 1. The van der Waals surface area contributed by atoms with E-state index in [0.717, 1.165) is 16.7 Å². The van der Waals surface area contributed by atoms with Crippen LogP contribution in [0.2, 0.25) is 0 Å². The molecule has 7 heteroatoms. The van der Waals surface area contributed by atoms with E-state index in [0.29, 0.717) is 5.69 Å². The van der Waals surface area contributed by atoms with Gasteiger partial charge in [0.15, 0.2) is 23.3 Å². The van der Waals surface area contributed by atoms with Gasteiger partial charge in [-0.2, -0.15) is 0 Å². The molecule has 0 saturated carbocycles. The summed E-state index contributed by atoms with van der Waals surface area (Å²) in [5, 5.41) is 2.41. The average Bonchev–Trinajstić information content (AvgIpc) is 2.64. The summed E-state index contributed by atoms with van der Waals surface area (Å²) in [6, 6.07) is 3.77. The van der Waals surface area contributed by atoms with Crippen LogP contribution in [0.15, 0.2) is 12.1 Å². The molecule has 0 aliphatic carbocycles. The Bertz CT molecular complexity index is 893. The SMILES string of the molecule is CC(C)c1cc(C(C)C)c(NC(=O)c2c(F)c(F)c(F)c(F)c2F)c(C(C)C)c1. The third-order valence-electron chi connectivity index (χ3n) is 4.81. The molecule has 0 radical (unpaired) electrons. The van der Waals surface area contributed by atoms with Gasteiger partial charge >= 0.3 is 0 Å². The first-order valence-electron chi connectivity index (χ1n) is 9.38. The third-order valence-corrected chi connectivity index (χ3v) is 4.81. The molecule has 1 amide bonds. The molecule has 158 valence electrons. The largest absolute Gasteiger partial charge is 0.321 e. The van der Waals surface area contributed by atoms with E-state index in [2.05, 4.69) is 5.32 Å². The molecule has 2 aromatic rings. The van der Waals surface area contributed by atoms with E-state index in [1.807, 2.05) is 53.7 Å². The Morgan fingerprint density at radius 3 is 1.41 bits per heavy atom. The van der Waals surface area contributed by atoms with Gasteiger partial charge in [0.05, 0.1) is 0 Å². The minimum atomic E-state index is -2.30. The average molecular weight is 413 g/mol. The molecule has 0 aliphatic rings. The Balaban J connectivity index is 2.67. The lowest BCUT2D eigenvalue weighted by Gasteiger charge is -2.23. The predicted octanol–water partition coefficient (Wildman–Crippen LogP) is 7.00. The maximum absolute atomic E-state index is 14.1. The molecule has 2 aromatic carbocycles. The lowest BCUT2D eigenvalue weighted by Crippen LogP contribution is -2.21. The van der Waals surface area contributed by atoms with Gasteiger partial charge < -0.3 is 5.32 Å². The predicted molar refractivity (Wildman–Crippen MR) is 103 cm³/mol. The number of carbonyl (C=O) groups is 1. The van der Waals surface area contributed by atoms with Crippen molar-refractivity contribution in [3.8, 4) is 0 Å². The van der Waals surface area contributed by atoms with Crippen LogP contribution in [0.1, 0.15) is 86.3 Å². The number of hydrogen-bond donors (Lipinski definition) is 1. The van der Waals surface area contributed by atoms with Crippen LogP contribution in [0.3, 0.4) is 0 Å². The van der Waals surface area contributed by atoms with Crippen LogP contribution in [-0.2, 0) is 0 Å². The summed E-state index contributed by atoms with van der Waals surface area (Å²) in [5.41, 5.74) is 1.29. The number of nitrogens with one attached hydrogen (secondary N) is 1. The monoisotopic (exact) mass is 413 g/mol. The van der Waals surface area contributed by atoms with Crippen molar-refractivity contribution in [1.82, 2.24) is 0 Å². The highest BCUT2D eigenvalue weighted by Crippen LogP contribution is 2.36. The van der Waals surface area contributed by atoms with Gasteiger partial charge in [0.25, 0.3) is 5.91 Å². The molecule has 29 heavy (non-hydrogen) atoms. The van der Waals surface area contributed by atoms with Crippen LogP contribution in [0, 0.1) is 29.1 Å². The highest BCUT2D eigenvalue weighted by Gasteiger charge is 2.30. The Morgan fingerprint density at radius 1 is 0.690 bits per heavy atom. The molecule has 2 nitrogen and oxygen atoms in total. The molecule has 0 unspecified atom stereocenters. The minimum Gasteiger partial charge on any atom is -0.321 e. The van der Waals surface area contributed by atoms with Crippen LogP contribution >= 0.6 is 0 Å². The first-order valence-corrected chi connectivity index (χ1v) is 9.38. The molecule has 0 atom stereocenters. The number of halogens is 5. The van der Waals surface area contributed by atoms with Crippen molar-refractivity contribution >= 4 is 11.6 Å². The molecule has 2 rings (SSSR count). The van der Waals surface area contributed by atoms with Gasteiger partial charge in [-0.15, -0.1) is 0 Å². The Hall–Kier alpha value is -2.44. The van der Waals surface area contributed by atoms with Crippen molar-refractivity contribution in [2.45, 2.75) is 59.3 Å². The van der Waals surface area contributed by atoms with Crippen molar-refractivity contribution in [2.75, 3.05) is 5.32 Å². The van der Waals surface area contributed by atoms with E-state index in [-0.39, 0.29) is 17.8 Å². The number of rotatable bonds is 5. The fourth-order valence-corrected chi connectivity index (χ4v) is 3.08. The molecular formula is C22H24F5NO. The standard InChI is InChI=1S/C22H24F5NO/c1-9(2)12-7-13(10(3)4)21(14(8-12)11(5)6)28-22(29)15-16(23)18(25)20(27)19(26)17(15)24/h7-11H,1-6H3,(H,28,29). The molecule has 0 fully saturated rings. The summed E-state index contributed by atoms with van der Waals surface area (Å²) >= 11 is 0. The lowest BCUT2D eigenvalue weighted by molar-refractivity contribution is 0.101. The van der Waals surface area contributed by atoms with Crippen molar-refractivity contribution in [3.05, 3.63) is 63.5 Å². The summed E-state index contributed by atoms with van der Waals surface area (Å²) in [6.07, 6.45) is 0. The quantitative estimate of drug-likeness (QED) is 0.319. The second-order valence-electron chi connectivity index (χ2n) is 7.94. The highest BCUT2D eigenvalue weighted by atomic mass is 19.2. The number of benzene rings is 2. The van der Waals surface area contributed by atoms with Crippen LogP contribution in [-0.4, -0.2) is 5.91 Å². The van der Waals surface area contributed by atoms with Crippen molar-refractivity contribution < 1.29 is 26.7 Å². The molecule has 1 N–H and O–H groups in total. The molecule has 0 saturated heterocycles. The number of carbonyl (C=O) groups excluding carboxylic acids is 1. The summed E-state index contributed by atoms with van der Waals surface area (Å²) in [4.78, 5) is 12.6. The zero-order valence-electron chi connectivity index (χ0n) is 17.2. The van der Waals surface area contributed by atoms with Gasteiger partial charge in [0.2, 0.25) is 5.82 Å². The summed E-state index contributed by atoms with van der Waals surface area (Å²) in [6.45, 7) is 11.6. The van der Waals surface area contributed by atoms with E-state index < -0.39 is 40.6 Å². The molecule has 0 heterocycles. The molecule has 0 spiro atoms. The zero-order chi connectivity index (χ0) is 22.2. The Labute approximate surface area is 167 Å². The van der Waals surface area contributed by atoms with E-state index in [1.54, 1.807) is 0 Å². The minimum absolute atomic E-state index is 0.0575. The fourth-order valence-electron chi connectivity index (χ4n) is 3.08.